The summed E-state index contributed by atoms with van der Waals surface area (Å²) >= 11 is 7.63. The van der Waals surface area contributed by atoms with E-state index in [1.165, 1.54) is 10.6 Å². The van der Waals surface area contributed by atoms with Crippen molar-refractivity contribution in [3.8, 4) is 0 Å². The summed E-state index contributed by atoms with van der Waals surface area (Å²) < 4.78 is 5.44. The van der Waals surface area contributed by atoms with Crippen molar-refractivity contribution in [1.82, 2.24) is 0 Å². The van der Waals surface area contributed by atoms with Crippen LogP contribution in [-0.4, -0.2) is 38.4 Å². The van der Waals surface area contributed by atoms with Crippen LogP contribution in [0.3, 0.4) is 0 Å². The first-order valence-electron chi connectivity index (χ1n) is 11.4. The fraction of sp³-hybridized carbons (Fsp3) is 0.308. The molecule has 0 atom stereocenters. The van der Waals surface area contributed by atoms with E-state index in [9.17, 15) is 4.79 Å². The minimum atomic E-state index is -0.105. The highest BCUT2D eigenvalue weighted by molar-refractivity contribution is 7.16. The van der Waals surface area contributed by atoms with E-state index in [1.54, 1.807) is 23.5 Å². The molecule has 0 radical (unpaired) electrons. The van der Waals surface area contributed by atoms with E-state index in [2.05, 4.69) is 34.5 Å². The third-order valence-corrected chi connectivity index (χ3v) is 7.53. The quantitative estimate of drug-likeness (QED) is 0.448. The number of morpholine rings is 1. The Morgan fingerprint density at radius 1 is 1.03 bits per heavy atom. The van der Waals surface area contributed by atoms with Gasteiger partial charge in [-0.15, -0.1) is 11.3 Å². The molecule has 5 nitrogen and oxygen atoms in total. The van der Waals surface area contributed by atoms with Crippen LogP contribution in [0.5, 0.6) is 0 Å². The number of anilines is 2. The Bertz CT molecular complexity index is 1150. The van der Waals surface area contributed by atoms with E-state index in [1.807, 2.05) is 18.3 Å². The van der Waals surface area contributed by atoms with Gasteiger partial charge in [0.1, 0.15) is 5.00 Å². The summed E-state index contributed by atoms with van der Waals surface area (Å²) in [6.07, 6.45) is 6.08. The Labute approximate surface area is 203 Å². The molecule has 0 bridgehead atoms. The second kappa shape index (κ2) is 10.1. The molecule has 1 amide bonds. The maximum absolute atomic E-state index is 13.3. The first-order valence-corrected chi connectivity index (χ1v) is 12.5. The SMILES string of the molecule is O=C(Nc1ccc(Cl)cc1)c1c(N=Cc2ccc(N3CCOCC3)cc2)sc2c1CCCC2. The van der Waals surface area contributed by atoms with Crippen LogP contribution in [0.4, 0.5) is 16.4 Å². The predicted molar refractivity (Wildman–Crippen MR) is 137 cm³/mol. The number of ether oxygens (including phenoxy) is 1. The van der Waals surface area contributed by atoms with Crippen LogP contribution in [0, 0.1) is 0 Å². The minimum Gasteiger partial charge on any atom is -0.378 e. The molecule has 1 fully saturated rings. The number of nitrogens with zero attached hydrogens (tertiary/aromatic N) is 2. The highest BCUT2D eigenvalue weighted by atomic mass is 35.5. The molecule has 2 aliphatic rings. The van der Waals surface area contributed by atoms with E-state index >= 15 is 0 Å². The lowest BCUT2D eigenvalue weighted by Crippen LogP contribution is -2.36. The van der Waals surface area contributed by atoms with Gasteiger partial charge in [-0.25, -0.2) is 4.99 Å². The van der Waals surface area contributed by atoms with Gasteiger partial charge < -0.3 is 15.0 Å². The molecule has 1 aromatic heterocycles. The van der Waals surface area contributed by atoms with Gasteiger partial charge in [-0.1, -0.05) is 23.7 Å². The number of aryl methyl sites for hydroxylation is 1. The lowest BCUT2D eigenvalue weighted by Gasteiger charge is -2.28. The van der Waals surface area contributed by atoms with Crippen molar-refractivity contribution in [2.24, 2.45) is 4.99 Å². The van der Waals surface area contributed by atoms with Gasteiger partial charge in [0.15, 0.2) is 0 Å². The van der Waals surface area contributed by atoms with Gasteiger partial charge in [-0.2, -0.15) is 0 Å². The molecule has 1 aliphatic heterocycles. The van der Waals surface area contributed by atoms with Crippen LogP contribution in [-0.2, 0) is 17.6 Å². The molecule has 1 N–H and O–H groups in total. The monoisotopic (exact) mass is 479 g/mol. The van der Waals surface area contributed by atoms with Gasteiger partial charge >= 0.3 is 0 Å². The lowest BCUT2D eigenvalue weighted by atomic mass is 9.95. The number of hydrogen-bond acceptors (Lipinski definition) is 5. The number of aliphatic imine (C=N–C) groups is 1. The summed E-state index contributed by atoms with van der Waals surface area (Å²) in [5, 5.41) is 4.45. The molecule has 0 unspecified atom stereocenters. The number of hydrogen-bond donors (Lipinski definition) is 1. The summed E-state index contributed by atoms with van der Waals surface area (Å²) in [4.78, 5) is 21.7. The highest BCUT2D eigenvalue weighted by Crippen LogP contribution is 2.40. The molecule has 5 rings (SSSR count). The third-order valence-electron chi connectivity index (χ3n) is 6.08. The average molecular weight is 480 g/mol. The number of carbonyl (C=O) groups is 1. The molecular weight excluding hydrogens is 454 g/mol. The summed E-state index contributed by atoms with van der Waals surface area (Å²) in [5.74, 6) is -0.105. The second-order valence-corrected chi connectivity index (χ2v) is 9.82. The lowest BCUT2D eigenvalue weighted by molar-refractivity contribution is 0.102. The molecule has 2 heterocycles. The van der Waals surface area contributed by atoms with Gasteiger partial charge in [0.2, 0.25) is 0 Å². The number of halogens is 1. The third kappa shape index (κ3) is 5.13. The van der Waals surface area contributed by atoms with Crippen molar-refractivity contribution in [2.75, 3.05) is 36.5 Å². The molecule has 3 aromatic rings. The minimum absolute atomic E-state index is 0.105. The number of fused-ring (bicyclic) bond motifs is 1. The molecule has 170 valence electrons. The summed E-state index contributed by atoms with van der Waals surface area (Å²) in [6, 6.07) is 15.6. The fourth-order valence-corrected chi connectivity index (χ4v) is 5.69. The van der Waals surface area contributed by atoms with E-state index in [-0.39, 0.29) is 5.91 Å². The molecular formula is C26H26ClN3O2S. The summed E-state index contributed by atoms with van der Waals surface area (Å²) in [5.41, 5.74) is 4.82. The van der Waals surface area contributed by atoms with Gasteiger partial charge in [0.25, 0.3) is 5.91 Å². The largest absolute Gasteiger partial charge is 0.378 e. The Hall–Kier alpha value is -2.67. The zero-order chi connectivity index (χ0) is 22.6. The molecule has 2 aromatic carbocycles. The van der Waals surface area contributed by atoms with Crippen LogP contribution >= 0.6 is 22.9 Å². The van der Waals surface area contributed by atoms with E-state index < -0.39 is 0 Å². The number of amides is 1. The highest BCUT2D eigenvalue weighted by Gasteiger charge is 2.25. The Morgan fingerprint density at radius 3 is 2.52 bits per heavy atom. The van der Waals surface area contributed by atoms with Gasteiger partial charge in [0.05, 0.1) is 18.8 Å². The molecule has 0 spiro atoms. The van der Waals surface area contributed by atoms with Gasteiger partial charge in [-0.05, 0) is 73.2 Å². The predicted octanol–water partition coefficient (Wildman–Crippen LogP) is 6.12. The number of rotatable bonds is 5. The number of thiophene rings is 1. The molecule has 7 heteroatoms. The van der Waals surface area contributed by atoms with Crippen molar-refractivity contribution in [2.45, 2.75) is 25.7 Å². The topological polar surface area (TPSA) is 53.9 Å². The zero-order valence-corrected chi connectivity index (χ0v) is 19.9. The first-order chi connectivity index (χ1) is 16.2. The van der Waals surface area contributed by atoms with Crippen molar-refractivity contribution >= 4 is 51.4 Å². The maximum atomic E-state index is 13.3. The number of benzene rings is 2. The van der Waals surface area contributed by atoms with Crippen molar-refractivity contribution in [1.29, 1.82) is 0 Å². The van der Waals surface area contributed by atoms with Gasteiger partial charge in [0, 0.05) is 40.6 Å². The maximum Gasteiger partial charge on any atom is 0.259 e. The average Bonchev–Trinajstić information content (AvgIpc) is 3.23. The standard InChI is InChI=1S/C26H26ClN3O2S/c27-19-7-9-20(10-8-19)29-25(31)24-22-3-1-2-4-23(22)33-26(24)28-17-18-5-11-21(12-6-18)30-13-15-32-16-14-30/h5-12,17H,1-4,13-16H2,(H,29,31). The van der Waals surface area contributed by atoms with Crippen LogP contribution in [0.2, 0.25) is 5.02 Å². The number of carbonyl (C=O) groups excluding carboxylic acids is 1. The first kappa shape index (κ1) is 22.1. The van der Waals surface area contributed by atoms with Gasteiger partial charge in [-0.3, -0.25) is 4.79 Å². The Morgan fingerprint density at radius 2 is 1.76 bits per heavy atom. The Kier molecular flexibility index (Phi) is 6.76. The molecule has 33 heavy (non-hydrogen) atoms. The second-order valence-electron chi connectivity index (χ2n) is 8.30. The molecule has 0 saturated carbocycles. The summed E-state index contributed by atoms with van der Waals surface area (Å²) in [7, 11) is 0. The van der Waals surface area contributed by atoms with E-state index in [0.29, 0.717) is 10.6 Å². The number of nitrogens with one attached hydrogen (secondary N) is 1. The Balaban J connectivity index is 1.38. The van der Waals surface area contributed by atoms with Crippen LogP contribution in [0.15, 0.2) is 53.5 Å². The molecule has 1 saturated heterocycles. The van der Waals surface area contributed by atoms with Crippen LogP contribution in [0.1, 0.15) is 39.2 Å². The van der Waals surface area contributed by atoms with Crippen molar-refractivity contribution < 1.29 is 9.53 Å². The molecule has 1 aliphatic carbocycles. The zero-order valence-electron chi connectivity index (χ0n) is 18.4. The fourth-order valence-electron chi connectivity index (χ4n) is 4.33. The van der Waals surface area contributed by atoms with Crippen LogP contribution in [0.25, 0.3) is 0 Å². The van der Waals surface area contributed by atoms with E-state index in [0.717, 1.165) is 73.8 Å². The van der Waals surface area contributed by atoms with E-state index in [4.69, 9.17) is 21.3 Å². The van der Waals surface area contributed by atoms with Crippen molar-refractivity contribution in [3.05, 3.63) is 75.1 Å². The smallest absolute Gasteiger partial charge is 0.259 e. The summed E-state index contributed by atoms with van der Waals surface area (Å²) in [6.45, 7) is 3.38. The van der Waals surface area contributed by atoms with Crippen molar-refractivity contribution in [3.63, 3.8) is 0 Å². The van der Waals surface area contributed by atoms with Crippen LogP contribution < -0.4 is 10.2 Å². The normalized spacial score (nSPS) is 16.1.